The summed E-state index contributed by atoms with van der Waals surface area (Å²) >= 11 is 0. The van der Waals surface area contributed by atoms with Gasteiger partial charge in [0.2, 0.25) is 5.91 Å². The molecule has 0 aliphatic carbocycles. The number of benzene rings is 1. The van der Waals surface area contributed by atoms with Crippen molar-refractivity contribution in [2.45, 2.75) is 47.6 Å². The van der Waals surface area contributed by atoms with Crippen molar-refractivity contribution in [2.75, 3.05) is 18.4 Å². The van der Waals surface area contributed by atoms with E-state index in [9.17, 15) is 9.59 Å². The van der Waals surface area contributed by atoms with Crippen LogP contribution in [-0.4, -0.2) is 39.6 Å². The van der Waals surface area contributed by atoms with Gasteiger partial charge in [0.05, 0.1) is 5.69 Å². The van der Waals surface area contributed by atoms with Crippen molar-refractivity contribution >= 4 is 17.5 Å². The number of hydrogen-bond donors (Lipinski definition) is 1. The summed E-state index contributed by atoms with van der Waals surface area (Å²) in [5.41, 5.74) is 4.06. The lowest BCUT2D eigenvalue weighted by molar-refractivity contribution is -0.116. The first-order chi connectivity index (χ1) is 13.2. The lowest BCUT2D eigenvalue weighted by Gasteiger charge is -2.35. The lowest BCUT2D eigenvalue weighted by atomic mass is 9.91. The van der Waals surface area contributed by atoms with Crippen molar-refractivity contribution in [3.05, 3.63) is 46.8 Å². The Morgan fingerprint density at radius 1 is 1.11 bits per heavy atom. The average molecular weight is 383 g/mol. The van der Waals surface area contributed by atoms with Crippen LogP contribution in [0.25, 0.3) is 0 Å². The third-order valence-corrected chi connectivity index (χ3v) is 5.31. The van der Waals surface area contributed by atoms with Gasteiger partial charge >= 0.3 is 0 Å². The Morgan fingerprint density at radius 2 is 1.79 bits per heavy atom. The van der Waals surface area contributed by atoms with Crippen molar-refractivity contribution < 1.29 is 9.59 Å². The zero-order valence-corrected chi connectivity index (χ0v) is 17.5. The van der Waals surface area contributed by atoms with Crippen LogP contribution >= 0.6 is 0 Å². The molecule has 1 fully saturated rings. The molecular formula is C22H30N4O2. The van der Waals surface area contributed by atoms with Crippen LogP contribution in [0, 0.1) is 32.6 Å². The summed E-state index contributed by atoms with van der Waals surface area (Å²) < 4.78 is 1.69. The second-order valence-corrected chi connectivity index (χ2v) is 8.32. The minimum Gasteiger partial charge on any atom is -0.338 e. The molecule has 2 atom stereocenters. The molecule has 0 spiro atoms. The number of carbonyl (C=O) groups is 2. The molecule has 1 aliphatic rings. The largest absolute Gasteiger partial charge is 0.338 e. The molecule has 1 aliphatic heterocycles. The lowest BCUT2D eigenvalue weighted by Crippen LogP contribution is -2.42. The van der Waals surface area contributed by atoms with Gasteiger partial charge in [0.15, 0.2) is 0 Å². The highest BCUT2D eigenvalue weighted by Crippen LogP contribution is 2.24. The van der Waals surface area contributed by atoms with Gasteiger partial charge in [-0.15, -0.1) is 0 Å². The Labute approximate surface area is 166 Å². The van der Waals surface area contributed by atoms with Crippen molar-refractivity contribution in [1.82, 2.24) is 14.7 Å². The van der Waals surface area contributed by atoms with Gasteiger partial charge < -0.3 is 10.2 Å². The van der Waals surface area contributed by atoms with Gasteiger partial charge in [-0.3, -0.25) is 14.3 Å². The summed E-state index contributed by atoms with van der Waals surface area (Å²) in [7, 11) is 0. The summed E-state index contributed by atoms with van der Waals surface area (Å²) in [6.07, 6.45) is 1.16. The van der Waals surface area contributed by atoms with E-state index in [0.717, 1.165) is 36.5 Å². The maximum absolute atomic E-state index is 13.0. The Hall–Kier alpha value is -2.63. The fraction of sp³-hybridized carbons (Fsp3) is 0.500. The fourth-order valence-corrected chi connectivity index (χ4v) is 4.06. The molecule has 6 heteroatoms. The molecule has 0 radical (unpaired) electrons. The number of piperidine rings is 1. The third-order valence-electron chi connectivity index (χ3n) is 5.31. The van der Waals surface area contributed by atoms with Gasteiger partial charge in [0, 0.05) is 30.0 Å². The van der Waals surface area contributed by atoms with E-state index in [2.05, 4.69) is 24.3 Å². The van der Waals surface area contributed by atoms with Crippen LogP contribution in [0.4, 0.5) is 5.69 Å². The molecule has 150 valence electrons. The number of aryl methyl sites for hydroxylation is 3. The third kappa shape index (κ3) is 4.61. The number of rotatable bonds is 4. The summed E-state index contributed by atoms with van der Waals surface area (Å²) in [4.78, 5) is 27.4. The molecule has 1 aromatic carbocycles. The molecule has 0 saturated carbocycles. The summed E-state index contributed by atoms with van der Waals surface area (Å²) in [6.45, 7) is 11.9. The van der Waals surface area contributed by atoms with E-state index in [-0.39, 0.29) is 18.4 Å². The second kappa shape index (κ2) is 8.17. The van der Waals surface area contributed by atoms with Crippen molar-refractivity contribution in [2.24, 2.45) is 11.8 Å². The first kappa shape index (κ1) is 20.1. The standard InChI is InChI=1S/C22H30N4O2/c1-14-8-15(2)12-25(11-14)22(28)19-7-6-16(3)20(10-19)23-21(27)13-26-18(5)9-17(4)24-26/h6-7,9-10,14-15H,8,11-13H2,1-5H3,(H,23,27). The van der Waals surface area contributed by atoms with Gasteiger partial charge in [-0.1, -0.05) is 19.9 Å². The molecule has 28 heavy (non-hydrogen) atoms. The first-order valence-electron chi connectivity index (χ1n) is 9.93. The molecule has 2 unspecified atom stereocenters. The Kier molecular flexibility index (Phi) is 5.87. The number of likely N-dealkylation sites (tertiary alicyclic amines) is 1. The van der Waals surface area contributed by atoms with Crippen LogP contribution in [0.15, 0.2) is 24.3 Å². The summed E-state index contributed by atoms with van der Waals surface area (Å²) in [6, 6.07) is 7.47. The maximum Gasteiger partial charge on any atom is 0.253 e. The molecule has 1 saturated heterocycles. The number of carbonyl (C=O) groups excluding carboxylic acids is 2. The van der Waals surface area contributed by atoms with E-state index in [1.54, 1.807) is 10.7 Å². The fourth-order valence-electron chi connectivity index (χ4n) is 4.06. The van der Waals surface area contributed by atoms with Crippen LogP contribution in [-0.2, 0) is 11.3 Å². The Morgan fingerprint density at radius 3 is 2.39 bits per heavy atom. The quantitative estimate of drug-likeness (QED) is 0.879. The van der Waals surface area contributed by atoms with Crippen molar-refractivity contribution in [3.63, 3.8) is 0 Å². The monoisotopic (exact) mass is 382 g/mol. The SMILES string of the molecule is Cc1cc(C)n(CC(=O)Nc2cc(C(=O)N3CC(C)CC(C)C3)ccc2C)n1. The Bertz CT molecular complexity index is 877. The molecule has 1 N–H and O–H groups in total. The van der Waals surface area contributed by atoms with E-state index in [1.165, 1.54) is 0 Å². The van der Waals surface area contributed by atoms with Gasteiger partial charge in [0.1, 0.15) is 6.54 Å². The zero-order chi connectivity index (χ0) is 20.4. The van der Waals surface area contributed by atoms with Gasteiger partial charge in [0.25, 0.3) is 5.91 Å². The molecule has 1 aromatic heterocycles. The minimum atomic E-state index is -0.154. The zero-order valence-electron chi connectivity index (χ0n) is 17.5. The number of nitrogens with zero attached hydrogens (tertiary/aromatic N) is 3. The number of nitrogens with one attached hydrogen (secondary N) is 1. The highest BCUT2D eigenvalue weighted by molar-refractivity contribution is 5.97. The highest BCUT2D eigenvalue weighted by Gasteiger charge is 2.26. The topological polar surface area (TPSA) is 67.2 Å². The van der Waals surface area contributed by atoms with E-state index in [0.29, 0.717) is 23.1 Å². The number of aromatic nitrogens is 2. The molecule has 3 rings (SSSR count). The molecule has 6 nitrogen and oxygen atoms in total. The van der Waals surface area contributed by atoms with Crippen LogP contribution in [0.5, 0.6) is 0 Å². The van der Waals surface area contributed by atoms with Crippen molar-refractivity contribution in [1.29, 1.82) is 0 Å². The summed E-state index contributed by atoms with van der Waals surface area (Å²) in [5.74, 6) is 0.905. The van der Waals surface area contributed by atoms with Crippen LogP contribution in [0.1, 0.15) is 47.6 Å². The smallest absolute Gasteiger partial charge is 0.253 e. The summed E-state index contributed by atoms with van der Waals surface area (Å²) in [5, 5.41) is 7.27. The van der Waals surface area contributed by atoms with Crippen LogP contribution in [0.2, 0.25) is 0 Å². The predicted octanol–water partition coefficient (Wildman–Crippen LogP) is 3.57. The number of hydrogen-bond acceptors (Lipinski definition) is 3. The maximum atomic E-state index is 13.0. The number of amides is 2. The minimum absolute atomic E-state index is 0.0347. The highest BCUT2D eigenvalue weighted by atomic mass is 16.2. The van der Waals surface area contributed by atoms with E-state index >= 15 is 0 Å². The number of anilines is 1. The molecular weight excluding hydrogens is 352 g/mol. The van der Waals surface area contributed by atoms with Gasteiger partial charge in [-0.2, -0.15) is 5.10 Å². The van der Waals surface area contributed by atoms with Gasteiger partial charge in [-0.25, -0.2) is 0 Å². The second-order valence-electron chi connectivity index (χ2n) is 8.32. The van der Waals surface area contributed by atoms with E-state index < -0.39 is 0 Å². The average Bonchev–Trinajstić information content (AvgIpc) is 2.92. The van der Waals surface area contributed by atoms with Gasteiger partial charge in [-0.05, 0) is 62.8 Å². The Balaban J connectivity index is 1.73. The normalized spacial score (nSPS) is 19.5. The molecule has 0 bridgehead atoms. The van der Waals surface area contributed by atoms with Crippen LogP contribution in [0.3, 0.4) is 0 Å². The van der Waals surface area contributed by atoms with Crippen LogP contribution < -0.4 is 5.32 Å². The molecule has 2 amide bonds. The van der Waals surface area contributed by atoms with E-state index in [4.69, 9.17) is 0 Å². The predicted molar refractivity (Wildman–Crippen MR) is 110 cm³/mol. The molecule has 2 aromatic rings. The molecule has 2 heterocycles. The first-order valence-corrected chi connectivity index (χ1v) is 9.93. The van der Waals surface area contributed by atoms with E-state index in [1.807, 2.05) is 43.9 Å². The van der Waals surface area contributed by atoms with Crippen molar-refractivity contribution in [3.8, 4) is 0 Å².